The normalized spacial score (nSPS) is 17.4. The van der Waals surface area contributed by atoms with Crippen molar-refractivity contribution in [2.45, 2.75) is 6.54 Å². The highest BCUT2D eigenvalue weighted by Crippen LogP contribution is 2.22. The van der Waals surface area contributed by atoms with Crippen LogP contribution in [-0.2, 0) is 11.3 Å². The zero-order valence-corrected chi connectivity index (χ0v) is 9.83. The van der Waals surface area contributed by atoms with Gasteiger partial charge >= 0.3 is 0 Å². The lowest BCUT2D eigenvalue weighted by Gasteiger charge is -2.26. The van der Waals surface area contributed by atoms with Gasteiger partial charge in [0.25, 0.3) is 0 Å². The van der Waals surface area contributed by atoms with E-state index >= 15 is 0 Å². The molecule has 1 fully saturated rings. The third-order valence-corrected chi connectivity index (χ3v) is 3.01. The van der Waals surface area contributed by atoms with Crippen LogP contribution in [0.4, 0.5) is 5.69 Å². The molecule has 1 aromatic carbocycles. The Labute approximate surface area is 100 Å². The fourth-order valence-corrected chi connectivity index (χ4v) is 2.05. The molecular weight excluding hydrogens is 226 g/mol. The summed E-state index contributed by atoms with van der Waals surface area (Å²) in [6, 6.07) is 5.89. The van der Waals surface area contributed by atoms with Gasteiger partial charge in [0.05, 0.1) is 23.9 Å². The van der Waals surface area contributed by atoms with Crippen LogP contribution < -0.4 is 11.3 Å². The Morgan fingerprint density at radius 3 is 2.75 bits per heavy atom. The van der Waals surface area contributed by atoms with Crippen molar-refractivity contribution in [1.82, 2.24) is 4.90 Å². The van der Waals surface area contributed by atoms with E-state index in [4.69, 9.17) is 22.2 Å². The highest BCUT2D eigenvalue weighted by Gasteiger charge is 2.11. The molecule has 16 heavy (non-hydrogen) atoms. The molecule has 5 heteroatoms. The average Bonchev–Trinajstić information content (AvgIpc) is 2.31. The maximum Gasteiger partial charge on any atom is 0.0672 e. The molecule has 1 saturated heterocycles. The molecule has 0 aromatic heterocycles. The number of benzene rings is 1. The molecule has 88 valence electrons. The van der Waals surface area contributed by atoms with Gasteiger partial charge in [0.1, 0.15) is 0 Å². The number of nitrogen functional groups attached to an aromatic ring is 1. The first-order chi connectivity index (χ1) is 7.79. The highest BCUT2D eigenvalue weighted by atomic mass is 35.5. The fraction of sp³-hybridized carbons (Fsp3) is 0.455. The third-order valence-electron chi connectivity index (χ3n) is 2.70. The van der Waals surface area contributed by atoms with Gasteiger partial charge in [-0.05, 0) is 17.7 Å². The van der Waals surface area contributed by atoms with E-state index in [1.54, 1.807) is 0 Å². The molecule has 4 nitrogen and oxygen atoms in total. The SMILES string of the molecule is NNc1ccc(CN2CCOCC2)cc1Cl. The molecule has 0 unspecified atom stereocenters. The number of nitrogens with two attached hydrogens (primary N) is 1. The smallest absolute Gasteiger partial charge is 0.0672 e. The minimum atomic E-state index is 0.660. The largest absolute Gasteiger partial charge is 0.379 e. The van der Waals surface area contributed by atoms with Crippen molar-refractivity contribution in [2.75, 3.05) is 31.7 Å². The Hall–Kier alpha value is -0.810. The second-order valence-electron chi connectivity index (χ2n) is 3.85. The summed E-state index contributed by atoms with van der Waals surface area (Å²) in [6.07, 6.45) is 0. The van der Waals surface area contributed by atoms with Crippen LogP contribution in [0.25, 0.3) is 0 Å². The minimum absolute atomic E-state index is 0.660. The lowest BCUT2D eigenvalue weighted by Crippen LogP contribution is -2.35. The van der Waals surface area contributed by atoms with Crippen molar-refractivity contribution >= 4 is 17.3 Å². The lowest BCUT2D eigenvalue weighted by atomic mass is 10.2. The van der Waals surface area contributed by atoms with Crippen molar-refractivity contribution in [1.29, 1.82) is 0 Å². The van der Waals surface area contributed by atoms with E-state index in [0.717, 1.165) is 38.5 Å². The number of anilines is 1. The molecule has 1 aliphatic heterocycles. The van der Waals surface area contributed by atoms with E-state index < -0.39 is 0 Å². The number of halogens is 1. The summed E-state index contributed by atoms with van der Waals surface area (Å²) < 4.78 is 5.30. The topological polar surface area (TPSA) is 50.5 Å². The number of hydrogen-bond acceptors (Lipinski definition) is 4. The molecule has 2 rings (SSSR count). The molecule has 1 aliphatic rings. The van der Waals surface area contributed by atoms with E-state index in [2.05, 4.69) is 10.3 Å². The molecular formula is C11H16ClN3O. The summed E-state index contributed by atoms with van der Waals surface area (Å²) in [7, 11) is 0. The first kappa shape index (κ1) is 11.7. The summed E-state index contributed by atoms with van der Waals surface area (Å²) in [4.78, 5) is 2.35. The molecule has 1 heterocycles. The molecule has 3 N–H and O–H groups in total. The van der Waals surface area contributed by atoms with Crippen LogP contribution in [0, 0.1) is 0 Å². The lowest BCUT2D eigenvalue weighted by molar-refractivity contribution is 0.0342. The quantitative estimate of drug-likeness (QED) is 0.622. The first-order valence-corrected chi connectivity index (χ1v) is 5.72. The minimum Gasteiger partial charge on any atom is -0.379 e. The Kier molecular flexibility index (Phi) is 4.01. The Bertz CT molecular complexity index is 353. The summed E-state index contributed by atoms with van der Waals surface area (Å²) >= 11 is 6.06. The van der Waals surface area contributed by atoms with E-state index in [-0.39, 0.29) is 0 Å². The number of hydrogen-bond donors (Lipinski definition) is 2. The van der Waals surface area contributed by atoms with Crippen LogP contribution in [0.1, 0.15) is 5.56 Å². The number of nitrogens with zero attached hydrogens (tertiary/aromatic N) is 1. The number of rotatable bonds is 3. The van der Waals surface area contributed by atoms with Crippen LogP contribution in [0.5, 0.6) is 0 Å². The van der Waals surface area contributed by atoms with Crippen LogP contribution >= 0.6 is 11.6 Å². The van der Waals surface area contributed by atoms with Crippen LogP contribution in [0.3, 0.4) is 0 Å². The summed E-state index contributed by atoms with van der Waals surface area (Å²) in [5, 5.41) is 0.660. The monoisotopic (exact) mass is 241 g/mol. The highest BCUT2D eigenvalue weighted by molar-refractivity contribution is 6.33. The van der Waals surface area contributed by atoms with Crippen LogP contribution in [0.2, 0.25) is 5.02 Å². The van der Waals surface area contributed by atoms with E-state index in [0.29, 0.717) is 5.02 Å². The van der Waals surface area contributed by atoms with E-state index in [1.807, 2.05) is 18.2 Å². The molecule has 0 saturated carbocycles. The van der Waals surface area contributed by atoms with Crippen molar-refractivity contribution in [3.8, 4) is 0 Å². The fourth-order valence-electron chi connectivity index (χ4n) is 1.79. The van der Waals surface area contributed by atoms with Gasteiger partial charge in [0.15, 0.2) is 0 Å². The Balaban J connectivity index is 2.01. The number of morpholine rings is 1. The number of hydrazine groups is 1. The van der Waals surface area contributed by atoms with Crippen molar-refractivity contribution in [3.05, 3.63) is 28.8 Å². The van der Waals surface area contributed by atoms with Gasteiger partial charge in [-0.3, -0.25) is 10.7 Å². The Morgan fingerprint density at radius 2 is 2.12 bits per heavy atom. The van der Waals surface area contributed by atoms with E-state index in [9.17, 15) is 0 Å². The van der Waals surface area contributed by atoms with Crippen LogP contribution in [-0.4, -0.2) is 31.2 Å². The summed E-state index contributed by atoms with van der Waals surface area (Å²) in [5.74, 6) is 5.32. The van der Waals surface area contributed by atoms with Crippen molar-refractivity contribution in [3.63, 3.8) is 0 Å². The second kappa shape index (κ2) is 5.50. The van der Waals surface area contributed by atoms with Crippen LogP contribution in [0.15, 0.2) is 18.2 Å². The van der Waals surface area contributed by atoms with Crippen molar-refractivity contribution < 1.29 is 4.74 Å². The van der Waals surface area contributed by atoms with Gasteiger partial charge in [0, 0.05) is 19.6 Å². The van der Waals surface area contributed by atoms with Gasteiger partial charge < -0.3 is 10.2 Å². The Morgan fingerprint density at radius 1 is 1.38 bits per heavy atom. The van der Waals surface area contributed by atoms with Gasteiger partial charge in [-0.2, -0.15) is 0 Å². The van der Waals surface area contributed by atoms with Gasteiger partial charge in [-0.15, -0.1) is 0 Å². The standard InChI is InChI=1S/C11H16ClN3O/c12-10-7-9(1-2-11(10)14-13)8-15-3-5-16-6-4-15/h1-2,7,14H,3-6,8,13H2. The maximum atomic E-state index is 6.06. The summed E-state index contributed by atoms with van der Waals surface area (Å²) in [5.41, 5.74) is 4.52. The molecule has 0 aliphatic carbocycles. The molecule has 0 spiro atoms. The molecule has 0 amide bonds. The third kappa shape index (κ3) is 2.86. The number of ether oxygens (including phenoxy) is 1. The van der Waals surface area contributed by atoms with E-state index in [1.165, 1.54) is 5.56 Å². The molecule has 0 radical (unpaired) electrons. The number of nitrogens with one attached hydrogen (secondary N) is 1. The molecule has 0 bridgehead atoms. The van der Waals surface area contributed by atoms with Gasteiger partial charge in [-0.25, -0.2) is 0 Å². The second-order valence-corrected chi connectivity index (χ2v) is 4.25. The maximum absolute atomic E-state index is 6.06. The first-order valence-electron chi connectivity index (χ1n) is 5.35. The van der Waals surface area contributed by atoms with Gasteiger partial charge in [0.2, 0.25) is 0 Å². The molecule has 0 atom stereocenters. The zero-order chi connectivity index (χ0) is 11.4. The van der Waals surface area contributed by atoms with Gasteiger partial charge in [-0.1, -0.05) is 17.7 Å². The average molecular weight is 242 g/mol. The van der Waals surface area contributed by atoms with Crippen molar-refractivity contribution in [2.24, 2.45) is 5.84 Å². The predicted octanol–water partition coefficient (Wildman–Crippen LogP) is 1.46. The zero-order valence-electron chi connectivity index (χ0n) is 9.08. The summed E-state index contributed by atoms with van der Waals surface area (Å²) in [6.45, 7) is 4.50. The predicted molar refractivity (Wildman–Crippen MR) is 65.4 cm³/mol. The molecule has 1 aromatic rings.